The summed E-state index contributed by atoms with van der Waals surface area (Å²) < 4.78 is 0. The molecule has 231 valence electrons. The van der Waals surface area contributed by atoms with Gasteiger partial charge in [-0.25, -0.2) is 0 Å². The molecule has 40 heavy (non-hydrogen) atoms. The average Bonchev–Trinajstić information content (AvgIpc) is 2.64. The van der Waals surface area contributed by atoms with E-state index >= 15 is 0 Å². The summed E-state index contributed by atoms with van der Waals surface area (Å²) in [4.78, 5) is 34.5. The molecule has 0 heterocycles. The first-order valence-electron chi connectivity index (χ1n) is 13.5. The van der Waals surface area contributed by atoms with Gasteiger partial charge in [-0.05, 0) is 0 Å². The van der Waals surface area contributed by atoms with Crippen LogP contribution in [0.4, 0.5) is 0 Å². The second kappa shape index (κ2) is 16.5. The molecule has 0 rings (SSSR count). The minimum atomic E-state index is -0.417. The zero-order chi connectivity index (χ0) is 32.6. The quantitative estimate of drug-likeness (QED) is 0.201. The Morgan fingerprint density at radius 1 is 0.350 bits per heavy atom. The van der Waals surface area contributed by atoms with Gasteiger partial charge in [-0.15, -0.1) is 0 Å². The summed E-state index contributed by atoms with van der Waals surface area (Å²) >= 11 is 0. The molecule has 0 spiro atoms. The van der Waals surface area contributed by atoms with E-state index in [9.17, 15) is 29.7 Å². The SMILES string of the molecule is CC(C)(C)C(=O)/C=C(\O)C(C)(C)C.CC(C)(C)C(=O)/C=C(\O)C(C)(C)C.CC(C)(C)C(=O)/C=C(\O)C(C)(C)C.[La]. The summed E-state index contributed by atoms with van der Waals surface area (Å²) in [6.07, 6.45) is 4.00. The molecule has 0 aromatic carbocycles. The van der Waals surface area contributed by atoms with E-state index in [1.807, 2.05) is 125 Å². The van der Waals surface area contributed by atoms with Crippen LogP contribution < -0.4 is 0 Å². The number of hydrogen-bond donors (Lipinski definition) is 3. The standard InChI is InChI=1S/3C11H20O2.La/c3*1-10(2,3)8(12)7-9(13)11(4,5)6;/h3*7,12H,1-6H3;/b3*8-7-;. The number of rotatable bonds is 3. The van der Waals surface area contributed by atoms with Crippen LogP contribution in [0, 0.1) is 68.1 Å². The fourth-order valence-corrected chi connectivity index (χ4v) is 1.67. The van der Waals surface area contributed by atoms with Gasteiger partial charge >= 0.3 is 0 Å². The Morgan fingerprint density at radius 3 is 0.550 bits per heavy atom. The van der Waals surface area contributed by atoms with E-state index in [0.717, 1.165) is 0 Å². The van der Waals surface area contributed by atoms with E-state index in [1.165, 1.54) is 18.2 Å². The molecule has 0 aliphatic carbocycles. The predicted molar refractivity (Wildman–Crippen MR) is 164 cm³/mol. The monoisotopic (exact) mass is 691 g/mol. The smallest absolute Gasteiger partial charge is 0.164 e. The summed E-state index contributed by atoms with van der Waals surface area (Å²) in [5.41, 5.74) is -2.29. The van der Waals surface area contributed by atoms with Gasteiger partial charge in [0.15, 0.2) is 17.3 Å². The van der Waals surface area contributed by atoms with Crippen LogP contribution in [0.3, 0.4) is 0 Å². The molecule has 0 unspecified atom stereocenters. The topological polar surface area (TPSA) is 112 Å². The van der Waals surface area contributed by atoms with Crippen molar-refractivity contribution in [1.29, 1.82) is 0 Å². The van der Waals surface area contributed by atoms with Crippen LogP contribution in [0.5, 0.6) is 0 Å². The van der Waals surface area contributed by atoms with E-state index in [-0.39, 0.29) is 86.5 Å². The minimum Gasteiger partial charge on any atom is -0.512 e. The maximum absolute atomic E-state index is 11.5. The fourth-order valence-electron chi connectivity index (χ4n) is 1.67. The molecule has 0 aliphatic rings. The molecule has 3 N–H and O–H groups in total. The van der Waals surface area contributed by atoms with Crippen LogP contribution >= 0.6 is 0 Å². The summed E-state index contributed by atoms with van der Waals surface area (Å²) in [6, 6.07) is 0. The Labute approximate surface area is 273 Å². The van der Waals surface area contributed by atoms with Gasteiger partial charge in [0.1, 0.15) is 17.3 Å². The summed E-state index contributed by atoms with van der Waals surface area (Å²) in [7, 11) is 0. The molecule has 0 fully saturated rings. The van der Waals surface area contributed by atoms with Crippen LogP contribution in [0.25, 0.3) is 0 Å². The Hall–Kier alpha value is -1.18. The van der Waals surface area contributed by atoms with Crippen molar-refractivity contribution >= 4 is 17.3 Å². The third-order valence-corrected chi connectivity index (χ3v) is 5.33. The maximum atomic E-state index is 11.5. The van der Waals surface area contributed by atoms with Gasteiger partial charge < -0.3 is 15.3 Å². The molecule has 0 aliphatic heterocycles. The van der Waals surface area contributed by atoms with Crippen molar-refractivity contribution in [2.45, 2.75) is 125 Å². The molecular formula is C33H60LaO6. The van der Waals surface area contributed by atoms with Crippen molar-refractivity contribution in [1.82, 2.24) is 0 Å². The first-order chi connectivity index (χ1) is 16.6. The first-order valence-corrected chi connectivity index (χ1v) is 13.5. The minimum absolute atomic E-state index is 0. The molecule has 0 aromatic heterocycles. The molecule has 0 bridgehead atoms. The van der Waals surface area contributed by atoms with Crippen LogP contribution in [0.2, 0.25) is 0 Å². The van der Waals surface area contributed by atoms with Crippen molar-refractivity contribution in [3.05, 3.63) is 35.5 Å². The van der Waals surface area contributed by atoms with Crippen molar-refractivity contribution in [3.63, 3.8) is 0 Å². The number of aliphatic hydroxyl groups excluding tert-OH is 3. The van der Waals surface area contributed by atoms with Crippen molar-refractivity contribution in [2.24, 2.45) is 32.5 Å². The Bertz CT molecular complexity index is 801. The fraction of sp³-hybridized carbons (Fsp3) is 0.727. The van der Waals surface area contributed by atoms with E-state index in [1.54, 1.807) is 0 Å². The van der Waals surface area contributed by atoms with Crippen LogP contribution in [0.1, 0.15) is 125 Å². The third kappa shape index (κ3) is 21.6. The number of allylic oxidation sites excluding steroid dienone is 6. The Balaban J connectivity index is -0.000000240. The average molecular weight is 692 g/mol. The maximum Gasteiger partial charge on any atom is 0.164 e. The van der Waals surface area contributed by atoms with E-state index in [2.05, 4.69) is 0 Å². The van der Waals surface area contributed by atoms with Gasteiger partial charge in [0.05, 0.1) is 0 Å². The number of carbonyl (C=O) groups is 3. The van der Waals surface area contributed by atoms with E-state index < -0.39 is 16.2 Å². The molecule has 0 saturated carbocycles. The van der Waals surface area contributed by atoms with Crippen LogP contribution in [-0.4, -0.2) is 32.7 Å². The predicted octanol–water partition coefficient (Wildman–Crippen LogP) is 9.27. The summed E-state index contributed by atoms with van der Waals surface area (Å²) in [6.45, 7) is 33.3. The van der Waals surface area contributed by atoms with Crippen LogP contribution in [-0.2, 0) is 14.4 Å². The summed E-state index contributed by atoms with van der Waals surface area (Å²) in [5, 5.41) is 28.7. The molecule has 0 saturated heterocycles. The second-order valence-corrected chi connectivity index (χ2v) is 16.2. The van der Waals surface area contributed by atoms with Crippen LogP contribution in [0.15, 0.2) is 35.5 Å². The van der Waals surface area contributed by atoms with Crippen molar-refractivity contribution in [2.75, 3.05) is 0 Å². The van der Waals surface area contributed by atoms with E-state index in [0.29, 0.717) is 0 Å². The zero-order valence-electron chi connectivity index (χ0n) is 28.9. The Morgan fingerprint density at radius 2 is 0.475 bits per heavy atom. The molecule has 0 amide bonds. The third-order valence-electron chi connectivity index (χ3n) is 5.33. The van der Waals surface area contributed by atoms with Gasteiger partial charge in [0, 0.05) is 86.3 Å². The van der Waals surface area contributed by atoms with Gasteiger partial charge in [-0.1, -0.05) is 125 Å². The number of ketones is 3. The zero-order valence-corrected chi connectivity index (χ0v) is 32.5. The molecule has 0 atom stereocenters. The largest absolute Gasteiger partial charge is 0.512 e. The van der Waals surface area contributed by atoms with Crippen molar-refractivity contribution in [3.8, 4) is 0 Å². The molecule has 7 heteroatoms. The first kappa shape index (κ1) is 45.8. The van der Waals surface area contributed by atoms with Crippen molar-refractivity contribution < 1.29 is 65.3 Å². The molecular weight excluding hydrogens is 631 g/mol. The van der Waals surface area contributed by atoms with E-state index in [4.69, 9.17) is 0 Å². The van der Waals surface area contributed by atoms with Gasteiger partial charge in [-0.3, -0.25) is 14.4 Å². The summed E-state index contributed by atoms with van der Waals surface area (Å²) in [5.74, 6) is 0.312. The number of hydrogen-bond acceptors (Lipinski definition) is 6. The molecule has 1 radical (unpaired) electrons. The second-order valence-electron chi connectivity index (χ2n) is 16.2. The Kier molecular flexibility index (Phi) is 18.8. The molecule has 6 nitrogen and oxygen atoms in total. The molecule has 0 aromatic rings. The van der Waals surface area contributed by atoms with Gasteiger partial charge in [0.25, 0.3) is 0 Å². The number of carbonyl (C=O) groups excluding carboxylic acids is 3. The normalized spacial score (nSPS) is 14.1. The van der Waals surface area contributed by atoms with Gasteiger partial charge in [0.2, 0.25) is 0 Å². The van der Waals surface area contributed by atoms with Gasteiger partial charge in [-0.2, -0.15) is 0 Å². The number of aliphatic hydroxyl groups is 3.